The third-order valence-electron chi connectivity index (χ3n) is 2.26. The van der Waals surface area contributed by atoms with Gasteiger partial charge in [0.05, 0.1) is 5.92 Å². The molecule has 0 amide bonds. The van der Waals surface area contributed by atoms with E-state index in [0.29, 0.717) is 5.25 Å². The fourth-order valence-corrected chi connectivity index (χ4v) is 2.56. The summed E-state index contributed by atoms with van der Waals surface area (Å²) in [5.41, 5.74) is 0. The third-order valence-corrected chi connectivity index (χ3v) is 3.40. The number of nitrogens with zero attached hydrogens (tertiary/aromatic N) is 2. The van der Waals surface area contributed by atoms with Crippen molar-refractivity contribution in [3.05, 3.63) is 18.5 Å². The average molecular weight is 210 g/mol. The molecule has 1 saturated carbocycles. The van der Waals surface area contributed by atoms with Crippen LogP contribution in [-0.4, -0.2) is 26.3 Å². The maximum Gasteiger partial charge on any atom is 0.306 e. The van der Waals surface area contributed by atoms with Gasteiger partial charge in [0.25, 0.3) is 0 Å². The minimum absolute atomic E-state index is 0.156. The fraction of sp³-hybridized carbons (Fsp3) is 0.444. The highest BCUT2D eigenvalue weighted by Crippen LogP contribution is 2.39. The Morgan fingerprint density at radius 1 is 1.43 bits per heavy atom. The van der Waals surface area contributed by atoms with Crippen LogP contribution in [0.3, 0.4) is 0 Å². The lowest BCUT2D eigenvalue weighted by molar-refractivity contribution is -0.144. The minimum atomic E-state index is -0.684. The largest absolute Gasteiger partial charge is 0.481 e. The highest BCUT2D eigenvalue weighted by atomic mass is 32.2. The Labute approximate surface area is 85.8 Å². The van der Waals surface area contributed by atoms with E-state index in [1.165, 1.54) is 0 Å². The van der Waals surface area contributed by atoms with Gasteiger partial charge in [0, 0.05) is 17.6 Å². The Morgan fingerprint density at radius 2 is 2.07 bits per heavy atom. The summed E-state index contributed by atoms with van der Waals surface area (Å²) in [6, 6.07) is 1.77. The smallest absolute Gasteiger partial charge is 0.306 e. The standard InChI is InChI=1S/C9H10N2O2S/c12-8(13)6-4-7(5-6)14-9-10-2-1-3-11-9/h1-3,6-7H,4-5H2,(H,12,13). The molecule has 0 bridgehead atoms. The summed E-state index contributed by atoms with van der Waals surface area (Å²) in [5, 5.41) is 9.79. The average Bonchev–Trinajstić information content (AvgIpc) is 2.12. The van der Waals surface area contributed by atoms with Crippen LogP contribution in [-0.2, 0) is 4.79 Å². The van der Waals surface area contributed by atoms with Crippen LogP contribution in [0.4, 0.5) is 0 Å². The summed E-state index contributed by atoms with van der Waals surface area (Å²) in [4.78, 5) is 18.7. The molecule has 1 heterocycles. The molecule has 0 radical (unpaired) electrons. The van der Waals surface area contributed by atoms with Gasteiger partial charge in [0.15, 0.2) is 5.16 Å². The van der Waals surface area contributed by atoms with Gasteiger partial charge in [0.1, 0.15) is 0 Å². The summed E-state index contributed by atoms with van der Waals surface area (Å²) >= 11 is 1.57. The number of aliphatic carboxylic acids is 1. The number of hydrogen-bond acceptors (Lipinski definition) is 4. The van der Waals surface area contributed by atoms with Crippen LogP contribution in [0.1, 0.15) is 12.8 Å². The molecular formula is C9H10N2O2S. The molecule has 0 aliphatic heterocycles. The second-order valence-electron chi connectivity index (χ2n) is 3.28. The van der Waals surface area contributed by atoms with Gasteiger partial charge in [-0.2, -0.15) is 0 Å². The minimum Gasteiger partial charge on any atom is -0.481 e. The molecule has 0 atom stereocenters. The van der Waals surface area contributed by atoms with Gasteiger partial charge in [-0.1, -0.05) is 11.8 Å². The highest BCUT2D eigenvalue weighted by molar-refractivity contribution is 7.99. The van der Waals surface area contributed by atoms with Gasteiger partial charge < -0.3 is 5.11 Å². The highest BCUT2D eigenvalue weighted by Gasteiger charge is 2.35. The van der Waals surface area contributed by atoms with E-state index in [1.807, 2.05) is 0 Å². The number of aromatic nitrogens is 2. The summed E-state index contributed by atoms with van der Waals surface area (Å²) in [7, 11) is 0. The maximum atomic E-state index is 10.5. The molecule has 1 N–H and O–H groups in total. The lowest BCUT2D eigenvalue weighted by Gasteiger charge is -2.30. The molecule has 5 heteroatoms. The van der Waals surface area contributed by atoms with Crippen molar-refractivity contribution in [1.82, 2.24) is 9.97 Å². The van der Waals surface area contributed by atoms with Crippen LogP contribution >= 0.6 is 11.8 Å². The van der Waals surface area contributed by atoms with Crippen molar-refractivity contribution < 1.29 is 9.90 Å². The van der Waals surface area contributed by atoms with Gasteiger partial charge in [-0.15, -0.1) is 0 Å². The first-order valence-corrected chi connectivity index (χ1v) is 5.30. The molecule has 0 unspecified atom stereocenters. The third kappa shape index (κ3) is 2.04. The van der Waals surface area contributed by atoms with Crippen LogP contribution in [0, 0.1) is 5.92 Å². The number of carboxylic acids is 1. The van der Waals surface area contributed by atoms with E-state index in [2.05, 4.69) is 9.97 Å². The number of rotatable bonds is 3. The molecule has 0 spiro atoms. The SMILES string of the molecule is O=C(O)C1CC(Sc2ncccn2)C1. The van der Waals surface area contributed by atoms with E-state index in [0.717, 1.165) is 18.0 Å². The molecule has 1 fully saturated rings. The van der Waals surface area contributed by atoms with Gasteiger partial charge in [0.2, 0.25) is 0 Å². The molecule has 1 aliphatic carbocycles. The van der Waals surface area contributed by atoms with Crippen LogP contribution in [0.15, 0.2) is 23.6 Å². The number of thioether (sulfide) groups is 1. The van der Waals surface area contributed by atoms with E-state index in [9.17, 15) is 4.79 Å². The van der Waals surface area contributed by atoms with Crippen molar-refractivity contribution in [1.29, 1.82) is 0 Å². The summed E-state index contributed by atoms with van der Waals surface area (Å²) in [5.74, 6) is -0.841. The molecule has 2 rings (SSSR count). The van der Waals surface area contributed by atoms with E-state index < -0.39 is 5.97 Å². The van der Waals surface area contributed by atoms with Crippen molar-refractivity contribution in [2.24, 2.45) is 5.92 Å². The van der Waals surface area contributed by atoms with Crippen molar-refractivity contribution in [3.63, 3.8) is 0 Å². The van der Waals surface area contributed by atoms with E-state index >= 15 is 0 Å². The van der Waals surface area contributed by atoms with Crippen molar-refractivity contribution in [2.45, 2.75) is 23.2 Å². The second kappa shape index (κ2) is 3.96. The zero-order valence-electron chi connectivity index (χ0n) is 7.46. The van der Waals surface area contributed by atoms with Crippen LogP contribution in [0.5, 0.6) is 0 Å². The van der Waals surface area contributed by atoms with E-state index in [-0.39, 0.29) is 5.92 Å². The fourth-order valence-electron chi connectivity index (χ4n) is 1.36. The van der Waals surface area contributed by atoms with Gasteiger partial charge in [-0.25, -0.2) is 9.97 Å². The van der Waals surface area contributed by atoms with Crippen LogP contribution in [0.2, 0.25) is 0 Å². The molecule has 1 aromatic heterocycles. The number of hydrogen-bond donors (Lipinski definition) is 1. The first-order valence-electron chi connectivity index (χ1n) is 4.42. The van der Waals surface area contributed by atoms with Crippen LogP contribution < -0.4 is 0 Å². The number of carboxylic acid groups (broad SMARTS) is 1. The Hall–Kier alpha value is -1.10. The predicted molar refractivity (Wildman–Crippen MR) is 52.0 cm³/mol. The first kappa shape index (κ1) is 9.45. The topological polar surface area (TPSA) is 63.1 Å². The van der Waals surface area contributed by atoms with Crippen LogP contribution in [0.25, 0.3) is 0 Å². The van der Waals surface area contributed by atoms with Crippen molar-refractivity contribution in [2.75, 3.05) is 0 Å². The zero-order chi connectivity index (χ0) is 9.97. The molecule has 14 heavy (non-hydrogen) atoms. The van der Waals surface area contributed by atoms with E-state index in [1.54, 1.807) is 30.2 Å². The summed E-state index contributed by atoms with van der Waals surface area (Å²) in [6.45, 7) is 0. The van der Waals surface area contributed by atoms with Gasteiger partial charge >= 0.3 is 5.97 Å². The Kier molecular flexibility index (Phi) is 2.67. The Balaban J connectivity index is 1.82. The quantitative estimate of drug-likeness (QED) is 0.765. The van der Waals surface area contributed by atoms with Crippen molar-refractivity contribution in [3.8, 4) is 0 Å². The van der Waals surface area contributed by atoms with Crippen molar-refractivity contribution >= 4 is 17.7 Å². The first-order chi connectivity index (χ1) is 6.75. The summed E-state index contributed by atoms with van der Waals surface area (Å²) in [6.07, 6.45) is 4.86. The normalized spacial score (nSPS) is 25.4. The maximum absolute atomic E-state index is 10.5. The molecule has 0 saturated heterocycles. The molecule has 1 aliphatic rings. The lowest BCUT2D eigenvalue weighted by atomic mass is 9.85. The van der Waals surface area contributed by atoms with Gasteiger partial charge in [-0.3, -0.25) is 4.79 Å². The lowest BCUT2D eigenvalue weighted by Crippen LogP contribution is -2.32. The monoisotopic (exact) mass is 210 g/mol. The summed E-state index contributed by atoms with van der Waals surface area (Å²) < 4.78 is 0. The molecule has 1 aromatic rings. The zero-order valence-corrected chi connectivity index (χ0v) is 8.28. The number of carbonyl (C=O) groups is 1. The van der Waals surface area contributed by atoms with E-state index in [4.69, 9.17) is 5.11 Å². The molecular weight excluding hydrogens is 200 g/mol. The second-order valence-corrected chi connectivity index (χ2v) is 4.55. The Bertz CT molecular complexity index is 325. The van der Waals surface area contributed by atoms with Gasteiger partial charge in [-0.05, 0) is 18.9 Å². The molecule has 4 nitrogen and oxygen atoms in total. The Morgan fingerprint density at radius 3 is 2.64 bits per heavy atom. The molecule has 0 aromatic carbocycles. The predicted octanol–water partition coefficient (Wildman–Crippen LogP) is 1.43. The molecule has 74 valence electrons.